The van der Waals surface area contributed by atoms with E-state index in [4.69, 9.17) is 4.74 Å². The van der Waals surface area contributed by atoms with Crippen LogP contribution in [0.3, 0.4) is 0 Å². The van der Waals surface area contributed by atoms with Gasteiger partial charge in [0, 0.05) is 6.04 Å². The first kappa shape index (κ1) is 11.0. The fourth-order valence-electron chi connectivity index (χ4n) is 2.12. The van der Waals surface area contributed by atoms with E-state index in [2.05, 4.69) is 26.1 Å². The van der Waals surface area contributed by atoms with E-state index in [1.807, 2.05) is 0 Å². The minimum Gasteiger partial charge on any atom is -0.374 e. The van der Waals surface area contributed by atoms with Gasteiger partial charge in [-0.2, -0.15) is 0 Å². The highest BCUT2D eigenvalue weighted by Crippen LogP contribution is 2.23. The molecule has 0 aromatic heterocycles. The van der Waals surface area contributed by atoms with Crippen molar-refractivity contribution >= 4 is 0 Å². The molecule has 1 heterocycles. The number of hydrogen-bond donors (Lipinski definition) is 1. The van der Waals surface area contributed by atoms with Crippen molar-refractivity contribution in [3.8, 4) is 0 Å². The third-order valence-corrected chi connectivity index (χ3v) is 2.78. The number of hydrogen-bond acceptors (Lipinski definition) is 2. The first-order valence-electron chi connectivity index (χ1n) is 5.66. The lowest BCUT2D eigenvalue weighted by atomic mass is 10.0. The van der Waals surface area contributed by atoms with Gasteiger partial charge in [0.15, 0.2) is 0 Å². The second-order valence-electron chi connectivity index (χ2n) is 4.02. The Hall–Kier alpha value is -0.0800. The molecule has 0 saturated carbocycles. The summed E-state index contributed by atoms with van der Waals surface area (Å²) in [6, 6.07) is 0.583. The molecule has 0 aromatic rings. The highest BCUT2D eigenvalue weighted by atomic mass is 16.5. The van der Waals surface area contributed by atoms with Crippen LogP contribution >= 0.6 is 0 Å². The van der Waals surface area contributed by atoms with Crippen molar-refractivity contribution < 1.29 is 4.74 Å². The molecule has 0 radical (unpaired) electrons. The van der Waals surface area contributed by atoms with Crippen LogP contribution in [0.15, 0.2) is 0 Å². The molecule has 0 bridgehead atoms. The molecule has 1 rings (SSSR count). The summed E-state index contributed by atoms with van der Waals surface area (Å²) in [5, 5.41) is 3.52. The van der Waals surface area contributed by atoms with Gasteiger partial charge in [0.2, 0.25) is 0 Å². The first-order valence-corrected chi connectivity index (χ1v) is 5.66. The highest BCUT2D eigenvalue weighted by Gasteiger charge is 2.28. The quantitative estimate of drug-likeness (QED) is 0.710. The van der Waals surface area contributed by atoms with Crippen molar-refractivity contribution in [2.75, 3.05) is 6.54 Å². The minimum atomic E-state index is 0.467. The SMILES string of the molecule is CCCC(NCC)C1CCC(C)O1. The smallest absolute Gasteiger partial charge is 0.0732 e. The van der Waals surface area contributed by atoms with E-state index in [0.29, 0.717) is 18.2 Å². The van der Waals surface area contributed by atoms with E-state index in [1.165, 1.54) is 25.7 Å². The van der Waals surface area contributed by atoms with Crippen molar-refractivity contribution in [1.82, 2.24) is 5.32 Å². The summed E-state index contributed by atoms with van der Waals surface area (Å²) < 4.78 is 5.87. The average molecular weight is 185 g/mol. The third kappa shape index (κ3) is 3.28. The van der Waals surface area contributed by atoms with Crippen molar-refractivity contribution in [1.29, 1.82) is 0 Å². The average Bonchev–Trinajstić information content (AvgIpc) is 2.51. The van der Waals surface area contributed by atoms with Crippen LogP contribution in [0.25, 0.3) is 0 Å². The molecule has 3 atom stereocenters. The van der Waals surface area contributed by atoms with Crippen LogP contribution in [-0.2, 0) is 4.74 Å². The second-order valence-corrected chi connectivity index (χ2v) is 4.02. The molecule has 1 aliphatic heterocycles. The van der Waals surface area contributed by atoms with E-state index in [9.17, 15) is 0 Å². The number of likely N-dealkylation sites (N-methyl/N-ethyl adjacent to an activating group) is 1. The summed E-state index contributed by atoms with van der Waals surface area (Å²) in [6.45, 7) is 7.64. The summed E-state index contributed by atoms with van der Waals surface area (Å²) in [6.07, 6.45) is 5.89. The summed E-state index contributed by atoms with van der Waals surface area (Å²) >= 11 is 0. The van der Waals surface area contributed by atoms with Crippen LogP contribution in [0.1, 0.15) is 46.5 Å². The van der Waals surface area contributed by atoms with Crippen LogP contribution in [0.5, 0.6) is 0 Å². The molecular formula is C11H23NO. The van der Waals surface area contributed by atoms with Crippen LogP contribution in [0.2, 0.25) is 0 Å². The van der Waals surface area contributed by atoms with Gasteiger partial charge in [0.05, 0.1) is 12.2 Å². The maximum absolute atomic E-state index is 5.87. The van der Waals surface area contributed by atoms with E-state index in [1.54, 1.807) is 0 Å². The topological polar surface area (TPSA) is 21.3 Å². The Morgan fingerprint density at radius 2 is 2.15 bits per heavy atom. The van der Waals surface area contributed by atoms with Gasteiger partial charge in [-0.05, 0) is 32.7 Å². The van der Waals surface area contributed by atoms with Gasteiger partial charge in [-0.25, -0.2) is 0 Å². The van der Waals surface area contributed by atoms with E-state index < -0.39 is 0 Å². The zero-order valence-corrected chi connectivity index (χ0v) is 9.18. The Morgan fingerprint density at radius 3 is 2.62 bits per heavy atom. The Kier molecular flexibility index (Phi) is 4.74. The predicted molar refractivity (Wildman–Crippen MR) is 55.9 cm³/mol. The van der Waals surface area contributed by atoms with Gasteiger partial charge in [-0.15, -0.1) is 0 Å². The van der Waals surface area contributed by atoms with Gasteiger partial charge in [0.25, 0.3) is 0 Å². The molecular weight excluding hydrogens is 162 g/mol. The molecule has 3 unspecified atom stereocenters. The van der Waals surface area contributed by atoms with Gasteiger partial charge in [-0.1, -0.05) is 20.3 Å². The van der Waals surface area contributed by atoms with Gasteiger partial charge in [0.1, 0.15) is 0 Å². The molecule has 0 aliphatic carbocycles. The second kappa shape index (κ2) is 5.61. The summed E-state index contributed by atoms with van der Waals surface area (Å²) in [7, 11) is 0. The lowest BCUT2D eigenvalue weighted by molar-refractivity contribution is 0.0303. The molecule has 1 N–H and O–H groups in total. The molecule has 2 heteroatoms. The third-order valence-electron chi connectivity index (χ3n) is 2.78. The van der Waals surface area contributed by atoms with Gasteiger partial charge in [-0.3, -0.25) is 0 Å². The van der Waals surface area contributed by atoms with E-state index in [0.717, 1.165) is 6.54 Å². The van der Waals surface area contributed by atoms with Crippen molar-refractivity contribution in [3.63, 3.8) is 0 Å². The first-order chi connectivity index (χ1) is 6.27. The monoisotopic (exact) mass is 185 g/mol. The maximum atomic E-state index is 5.87. The van der Waals surface area contributed by atoms with Gasteiger partial charge < -0.3 is 10.1 Å². The fourth-order valence-corrected chi connectivity index (χ4v) is 2.12. The normalized spacial score (nSPS) is 30.7. The Bertz CT molecular complexity index is 132. The molecule has 0 spiro atoms. The molecule has 78 valence electrons. The molecule has 0 aromatic carbocycles. The van der Waals surface area contributed by atoms with Crippen LogP contribution < -0.4 is 5.32 Å². The largest absolute Gasteiger partial charge is 0.374 e. The van der Waals surface area contributed by atoms with E-state index in [-0.39, 0.29) is 0 Å². The molecule has 2 nitrogen and oxygen atoms in total. The summed E-state index contributed by atoms with van der Waals surface area (Å²) in [4.78, 5) is 0. The van der Waals surface area contributed by atoms with Crippen molar-refractivity contribution in [2.45, 2.75) is 64.7 Å². The lowest BCUT2D eigenvalue weighted by Crippen LogP contribution is -2.39. The van der Waals surface area contributed by atoms with Crippen LogP contribution in [0.4, 0.5) is 0 Å². The minimum absolute atomic E-state index is 0.467. The summed E-state index contributed by atoms with van der Waals surface area (Å²) in [5.41, 5.74) is 0. The molecule has 1 fully saturated rings. The Balaban J connectivity index is 2.35. The maximum Gasteiger partial charge on any atom is 0.0732 e. The van der Waals surface area contributed by atoms with Gasteiger partial charge >= 0.3 is 0 Å². The van der Waals surface area contributed by atoms with E-state index >= 15 is 0 Å². The Labute approximate surface area is 82.0 Å². The number of ether oxygens (including phenoxy) is 1. The van der Waals surface area contributed by atoms with Crippen LogP contribution in [0, 0.1) is 0 Å². The molecule has 13 heavy (non-hydrogen) atoms. The molecule has 0 amide bonds. The zero-order chi connectivity index (χ0) is 9.68. The molecule has 1 saturated heterocycles. The number of nitrogens with one attached hydrogen (secondary N) is 1. The summed E-state index contributed by atoms with van der Waals surface area (Å²) in [5.74, 6) is 0. The fraction of sp³-hybridized carbons (Fsp3) is 1.00. The molecule has 1 aliphatic rings. The Morgan fingerprint density at radius 1 is 1.38 bits per heavy atom. The van der Waals surface area contributed by atoms with Crippen molar-refractivity contribution in [3.05, 3.63) is 0 Å². The predicted octanol–water partition coefficient (Wildman–Crippen LogP) is 2.33. The highest BCUT2D eigenvalue weighted by molar-refractivity contribution is 4.82. The van der Waals surface area contributed by atoms with Crippen molar-refractivity contribution in [2.24, 2.45) is 0 Å². The zero-order valence-electron chi connectivity index (χ0n) is 9.18. The lowest BCUT2D eigenvalue weighted by Gasteiger charge is -2.23. The standard InChI is InChI=1S/C11H23NO/c1-4-6-10(12-5-2)11-8-7-9(3)13-11/h9-12H,4-8H2,1-3H3. The number of rotatable bonds is 5. The van der Waals surface area contributed by atoms with Crippen LogP contribution in [-0.4, -0.2) is 24.8 Å².